The monoisotopic (exact) mass is 341 g/mol. The molecule has 0 aliphatic heterocycles. The number of nitrogens with one attached hydrogen (secondary N) is 1. The van der Waals surface area contributed by atoms with Gasteiger partial charge in [-0.3, -0.25) is 14.9 Å². The highest BCUT2D eigenvalue weighted by Gasteiger charge is 2.15. The second-order valence-electron chi connectivity index (χ2n) is 5.68. The van der Waals surface area contributed by atoms with Gasteiger partial charge in [0.05, 0.1) is 11.3 Å². The van der Waals surface area contributed by atoms with Gasteiger partial charge in [-0.05, 0) is 31.5 Å². The summed E-state index contributed by atoms with van der Waals surface area (Å²) >= 11 is 0. The van der Waals surface area contributed by atoms with E-state index >= 15 is 0 Å². The van der Waals surface area contributed by atoms with E-state index in [9.17, 15) is 14.9 Å². The highest BCUT2D eigenvalue weighted by Crippen LogP contribution is 2.18. The van der Waals surface area contributed by atoms with Gasteiger partial charge in [0.2, 0.25) is 5.91 Å². The van der Waals surface area contributed by atoms with Gasteiger partial charge in [0, 0.05) is 37.0 Å². The minimum absolute atomic E-state index is 0.00527. The van der Waals surface area contributed by atoms with E-state index in [0.29, 0.717) is 12.1 Å². The highest BCUT2D eigenvalue weighted by atomic mass is 16.6. The fourth-order valence-corrected chi connectivity index (χ4v) is 2.69. The fraction of sp³-hybridized carbons (Fsp3) is 0.316. The summed E-state index contributed by atoms with van der Waals surface area (Å²) < 4.78 is 0. The first kappa shape index (κ1) is 18.4. The van der Waals surface area contributed by atoms with Gasteiger partial charge in [-0.25, -0.2) is 0 Å². The zero-order chi connectivity index (χ0) is 18.2. The highest BCUT2D eigenvalue weighted by molar-refractivity contribution is 5.79. The summed E-state index contributed by atoms with van der Waals surface area (Å²) in [5.74, 6) is -0.234. The molecule has 25 heavy (non-hydrogen) atoms. The Morgan fingerprint density at radius 3 is 2.32 bits per heavy atom. The van der Waals surface area contributed by atoms with Gasteiger partial charge in [-0.2, -0.15) is 0 Å². The second-order valence-corrected chi connectivity index (χ2v) is 5.68. The zero-order valence-electron chi connectivity index (χ0n) is 14.6. The van der Waals surface area contributed by atoms with Crippen LogP contribution < -0.4 is 10.2 Å². The predicted octanol–water partition coefficient (Wildman–Crippen LogP) is 3.30. The van der Waals surface area contributed by atoms with Crippen molar-refractivity contribution in [3.05, 3.63) is 69.8 Å². The van der Waals surface area contributed by atoms with Gasteiger partial charge >= 0.3 is 0 Å². The molecule has 132 valence electrons. The molecule has 6 heteroatoms. The maximum atomic E-state index is 12.1. The van der Waals surface area contributed by atoms with Crippen LogP contribution in [-0.4, -0.2) is 23.9 Å². The summed E-state index contributed by atoms with van der Waals surface area (Å²) in [4.78, 5) is 24.9. The molecule has 0 spiro atoms. The first-order valence-electron chi connectivity index (χ1n) is 8.38. The molecular formula is C19H23N3O3. The molecule has 2 aromatic rings. The Bertz CT molecular complexity index is 725. The average Bonchev–Trinajstić information content (AvgIpc) is 2.62. The van der Waals surface area contributed by atoms with E-state index in [4.69, 9.17) is 0 Å². The van der Waals surface area contributed by atoms with E-state index < -0.39 is 4.92 Å². The van der Waals surface area contributed by atoms with Crippen molar-refractivity contribution in [3.63, 3.8) is 0 Å². The average molecular weight is 341 g/mol. The van der Waals surface area contributed by atoms with Gasteiger partial charge in [0.15, 0.2) is 0 Å². The minimum Gasteiger partial charge on any atom is -0.372 e. The lowest BCUT2D eigenvalue weighted by atomic mass is 10.1. The fourth-order valence-electron chi connectivity index (χ4n) is 2.69. The number of para-hydroxylation sites is 1. The molecule has 0 heterocycles. The van der Waals surface area contributed by atoms with Gasteiger partial charge in [-0.1, -0.05) is 30.3 Å². The molecule has 0 aliphatic rings. The van der Waals surface area contributed by atoms with Crippen LogP contribution in [0.4, 0.5) is 11.4 Å². The van der Waals surface area contributed by atoms with Crippen LogP contribution in [0.15, 0.2) is 48.5 Å². The van der Waals surface area contributed by atoms with E-state index in [-0.39, 0.29) is 18.0 Å². The number of carbonyl (C=O) groups excluding carboxylic acids is 1. The van der Waals surface area contributed by atoms with Crippen LogP contribution in [0, 0.1) is 10.1 Å². The van der Waals surface area contributed by atoms with E-state index in [2.05, 4.69) is 24.1 Å². The van der Waals surface area contributed by atoms with Crippen molar-refractivity contribution in [2.75, 3.05) is 18.0 Å². The van der Waals surface area contributed by atoms with Crippen LogP contribution in [0.1, 0.15) is 25.0 Å². The van der Waals surface area contributed by atoms with Gasteiger partial charge < -0.3 is 10.2 Å². The molecule has 0 fully saturated rings. The van der Waals surface area contributed by atoms with Crippen LogP contribution in [0.25, 0.3) is 0 Å². The van der Waals surface area contributed by atoms with Crippen molar-refractivity contribution in [3.8, 4) is 0 Å². The van der Waals surface area contributed by atoms with Crippen LogP contribution in [0.5, 0.6) is 0 Å². The van der Waals surface area contributed by atoms with Crippen molar-refractivity contribution < 1.29 is 9.72 Å². The number of rotatable bonds is 8. The predicted molar refractivity (Wildman–Crippen MR) is 98.7 cm³/mol. The van der Waals surface area contributed by atoms with Gasteiger partial charge in [0.1, 0.15) is 0 Å². The van der Waals surface area contributed by atoms with Crippen molar-refractivity contribution in [2.24, 2.45) is 0 Å². The summed E-state index contributed by atoms with van der Waals surface area (Å²) in [6, 6.07) is 14.4. The normalized spacial score (nSPS) is 10.3. The number of nitro groups is 1. The van der Waals surface area contributed by atoms with E-state index in [1.165, 1.54) is 6.07 Å². The first-order chi connectivity index (χ1) is 12.0. The topological polar surface area (TPSA) is 75.5 Å². The van der Waals surface area contributed by atoms with E-state index in [1.54, 1.807) is 18.2 Å². The number of amides is 1. The molecular weight excluding hydrogens is 318 g/mol. The number of anilines is 1. The summed E-state index contributed by atoms with van der Waals surface area (Å²) in [5, 5.41) is 13.8. The number of hydrogen-bond donors (Lipinski definition) is 1. The third kappa shape index (κ3) is 5.04. The molecule has 0 radical (unpaired) electrons. The van der Waals surface area contributed by atoms with Crippen LogP contribution in [0.2, 0.25) is 0 Å². The molecule has 0 atom stereocenters. The first-order valence-corrected chi connectivity index (χ1v) is 8.38. The molecule has 2 rings (SSSR count). The summed E-state index contributed by atoms with van der Waals surface area (Å²) in [7, 11) is 0. The molecule has 0 aromatic heterocycles. The van der Waals surface area contributed by atoms with Crippen LogP contribution in [0.3, 0.4) is 0 Å². The van der Waals surface area contributed by atoms with Crippen molar-refractivity contribution in [1.29, 1.82) is 0 Å². The minimum atomic E-state index is -0.464. The third-order valence-electron chi connectivity index (χ3n) is 4.09. The van der Waals surface area contributed by atoms with Crippen molar-refractivity contribution in [2.45, 2.75) is 26.8 Å². The number of carbonyl (C=O) groups is 1. The van der Waals surface area contributed by atoms with E-state index in [1.807, 2.05) is 24.3 Å². The molecule has 6 nitrogen and oxygen atoms in total. The van der Waals surface area contributed by atoms with Gasteiger partial charge in [0.25, 0.3) is 5.69 Å². The molecule has 0 saturated carbocycles. The number of hydrogen-bond acceptors (Lipinski definition) is 4. The summed E-state index contributed by atoms with van der Waals surface area (Å²) in [5.41, 5.74) is 2.54. The Hall–Kier alpha value is -2.89. The smallest absolute Gasteiger partial charge is 0.273 e. The lowest BCUT2D eigenvalue weighted by Gasteiger charge is -2.21. The van der Waals surface area contributed by atoms with Crippen molar-refractivity contribution in [1.82, 2.24) is 5.32 Å². The molecule has 1 amide bonds. The summed E-state index contributed by atoms with van der Waals surface area (Å²) in [6.07, 6.45) is -0.00527. The Balaban J connectivity index is 1.93. The van der Waals surface area contributed by atoms with E-state index in [0.717, 1.165) is 24.3 Å². The SMILES string of the molecule is CCN(CC)c1ccc(CNC(=O)Cc2ccccc2[N+](=O)[O-])cc1. The lowest BCUT2D eigenvalue weighted by molar-refractivity contribution is -0.385. The lowest BCUT2D eigenvalue weighted by Crippen LogP contribution is -2.25. The molecule has 2 aromatic carbocycles. The zero-order valence-corrected chi connectivity index (χ0v) is 14.6. The number of nitro benzene ring substituents is 1. The van der Waals surface area contributed by atoms with Crippen molar-refractivity contribution >= 4 is 17.3 Å². The Morgan fingerprint density at radius 2 is 1.72 bits per heavy atom. The Kier molecular flexibility index (Phi) is 6.51. The molecule has 0 aliphatic carbocycles. The Morgan fingerprint density at radius 1 is 1.08 bits per heavy atom. The van der Waals surface area contributed by atoms with Crippen LogP contribution in [-0.2, 0) is 17.8 Å². The maximum Gasteiger partial charge on any atom is 0.273 e. The standard InChI is InChI=1S/C19H23N3O3/c1-3-21(4-2)17-11-9-15(10-12-17)14-20-19(23)13-16-7-5-6-8-18(16)22(24)25/h5-12H,3-4,13-14H2,1-2H3,(H,20,23). The molecule has 0 unspecified atom stereocenters. The van der Waals surface area contributed by atoms with Crippen LogP contribution >= 0.6 is 0 Å². The Labute approximate surface area is 147 Å². The second kappa shape index (κ2) is 8.82. The third-order valence-corrected chi connectivity index (χ3v) is 4.09. The number of benzene rings is 2. The molecule has 0 saturated heterocycles. The molecule has 0 bridgehead atoms. The molecule has 1 N–H and O–H groups in total. The maximum absolute atomic E-state index is 12.1. The van der Waals surface area contributed by atoms with Gasteiger partial charge in [-0.15, -0.1) is 0 Å². The largest absolute Gasteiger partial charge is 0.372 e. The number of nitrogens with zero attached hydrogens (tertiary/aromatic N) is 2. The summed E-state index contributed by atoms with van der Waals surface area (Å²) in [6.45, 7) is 6.52. The quantitative estimate of drug-likeness (QED) is 0.590.